The van der Waals surface area contributed by atoms with Crippen molar-refractivity contribution in [1.82, 2.24) is 24.5 Å². The summed E-state index contributed by atoms with van der Waals surface area (Å²) in [5, 5.41) is 14.1. The normalized spacial score (nSPS) is 18.6. The maximum atomic E-state index is 13.6. The van der Waals surface area contributed by atoms with Gasteiger partial charge in [0, 0.05) is 12.1 Å². The van der Waals surface area contributed by atoms with Crippen LogP contribution >= 0.6 is 12.2 Å². The molecule has 160 valence electrons. The van der Waals surface area contributed by atoms with Crippen molar-refractivity contribution >= 4 is 18.0 Å². The number of aromatic amines is 1. The van der Waals surface area contributed by atoms with Crippen molar-refractivity contribution in [3.05, 3.63) is 29.2 Å². The number of nitrogens with zero attached hydrogens (tertiary/aromatic N) is 4. The van der Waals surface area contributed by atoms with Gasteiger partial charge in [0.25, 0.3) is 0 Å². The first kappa shape index (κ1) is 20.3. The molecule has 0 saturated heterocycles. The molecule has 2 N–H and O–H groups in total. The Kier molecular flexibility index (Phi) is 4.96. The first-order valence-corrected chi connectivity index (χ1v) is 9.46. The third-order valence-corrected chi connectivity index (χ3v) is 5.24. The molecular weight excluding hydrogens is 421 g/mol. The molecule has 4 rings (SSSR count). The molecule has 3 heterocycles. The van der Waals surface area contributed by atoms with Gasteiger partial charge in [0.1, 0.15) is 17.3 Å². The number of anilines is 1. The number of benzene rings is 1. The number of methoxy groups -OCH3 is 2. The number of fused-ring (bicyclic) bond motifs is 1. The fraction of sp³-hybridized carbons (Fsp3) is 0.389. The predicted octanol–water partition coefficient (Wildman–Crippen LogP) is 4.12. The van der Waals surface area contributed by atoms with Gasteiger partial charge in [-0.2, -0.15) is 23.4 Å². The number of rotatable bonds is 4. The number of H-pyrrole nitrogens is 1. The van der Waals surface area contributed by atoms with E-state index < -0.39 is 18.3 Å². The quantitative estimate of drug-likeness (QED) is 0.594. The second-order valence-electron chi connectivity index (χ2n) is 6.92. The number of hydrogen-bond acceptors (Lipinski definition) is 6. The molecule has 1 aliphatic heterocycles. The summed E-state index contributed by atoms with van der Waals surface area (Å²) < 4.78 is 54.2. The van der Waals surface area contributed by atoms with E-state index in [-0.39, 0.29) is 17.0 Å². The highest BCUT2D eigenvalue weighted by molar-refractivity contribution is 7.71. The van der Waals surface area contributed by atoms with E-state index in [1.54, 1.807) is 29.7 Å². The molecule has 0 spiro atoms. The van der Waals surface area contributed by atoms with E-state index >= 15 is 0 Å². The molecule has 0 bridgehead atoms. The lowest BCUT2D eigenvalue weighted by Crippen LogP contribution is -2.38. The highest BCUT2D eigenvalue weighted by Crippen LogP contribution is 2.42. The van der Waals surface area contributed by atoms with Gasteiger partial charge in [-0.05, 0) is 37.7 Å². The van der Waals surface area contributed by atoms with Gasteiger partial charge in [-0.1, -0.05) is 0 Å². The van der Waals surface area contributed by atoms with Gasteiger partial charge < -0.3 is 14.8 Å². The fourth-order valence-electron chi connectivity index (χ4n) is 3.58. The second kappa shape index (κ2) is 7.35. The molecule has 0 fully saturated rings. The van der Waals surface area contributed by atoms with Gasteiger partial charge in [0.05, 0.1) is 31.7 Å². The molecule has 2 atom stereocenters. The summed E-state index contributed by atoms with van der Waals surface area (Å²) in [6, 6.07) is 3.02. The van der Waals surface area contributed by atoms with Crippen LogP contribution in [0.1, 0.15) is 19.4 Å². The Labute approximate surface area is 174 Å². The minimum atomic E-state index is -4.42. The Morgan fingerprint density at radius 3 is 2.67 bits per heavy atom. The molecule has 12 heteroatoms. The maximum Gasteiger partial charge on any atom is 0.410 e. The van der Waals surface area contributed by atoms with Crippen molar-refractivity contribution in [3.63, 3.8) is 0 Å². The highest BCUT2D eigenvalue weighted by atomic mass is 32.1. The predicted molar refractivity (Wildman–Crippen MR) is 106 cm³/mol. The molecule has 0 saturated carbocycles. The smallest absolute Gasteiger partial charge is 0.410 e. The van der Waals surface area contributed by atoms with E-state index in [0.717, 1.165) is 4.68 Å². The highest BCUT2D eigenvalue weighted by Gasteiger charge is 2.46. The molecule has 3 aromatic rings. The summed E-state index contributed by atoms with van der Waals surface area (Å²) in [6.45, 7) is 1.70. The molecule has 8 nitrogen and oxygen atoms in total. The van der Waals surface area contributed by atoms with Crippen LogP contribution in [0.25, 0.3) is 17.1 Å². The van der Waals surface area contributed by atoms with E-state index in [4.69, 9.17) is 21.7 Å². The average Bonchev–Trinajstić information content (AvgIpc) is 3.29. The van der Waals surface area contributed by atoms with E-state index in [1.807, 2.05) is 0 Å². The van der Waals surface area contributed by atoms with Gasteiger partial charge >= 0.3 is 6.18 Å². The third-order valence-electron chi connectivity index (χ3n) is 4.97. The average molecular weight is 440 g/mol. The molecule has 30 heavy (non-hydrogen) atoms. The van der Waals surface area contributed by atoms with Crippen LogP contribution in [-0.4, -0.2) is 51.0 Å². The van der Waals surface area contributed by atoms with Crippen molar-refractivity contribution in [2.45, 2.75) is 31.6 Å². The summed E-state index contributed by atoms with van der Waals surface area (Å²) in [4.78, 5) is 0. The number of halogens is 3. The third kappa shape index (κ3) is 3.30. The zero-order valence-corrected chi connectivity index (χ0v) is 17.1. The van der Waals surface area contributed by atoms with Crippen molar-refractivity contribution in [3.8, 4) is 28.6 Å². The Hall–Kier alpha value is -3.02. The molecule has 2 aromatic heterocycles. The minimum Gasteiger partial charge on any atom is -0.497 e. The minimum absolute atomic E-state index is 0.114. The van der Waals surface area contributed by atoms with Crippen molar-refractivity contribution in [1.29, 1.82) is 0 Å². The van der Waals surface area contributed by atoms with E-state index in [9.17, 15) is 13.2 Å². The van der Waals surface area contributed by atoms with Crippen LogP contribution in [0.5, 0.6) is 11.5 Å². The van der Waals surface area contributed by atoms with Crippen LogP contribution < -0.4 is 14.8 Å². The summed E-state index contributed by atoms with van der Waals surface area (Å²) >= 11 is 5.39. The van der Waals surface area contributed by atoms with Gasteiger partial charge in [0.15, 0.2) is 16.6 Å². The van der Waals surface area contributed by atoms with Crippen molar-refractivity contribution in [2.75, 3.05) is 19.5 Å². The van der Waals surface area contributed by atoms with Crippen LogP contribution in [0.2, 0.25) is 0 Å². The summed E-state index contributed by atoms with van der Waals surface area (Å²) in [5.41, 5.74) is 0.948. The molecule has 2 unspecified atom stereocenters. The van der Waals surface area contributed by atoms with E-state index in [1.165, 1.54) is 20.4 Å². The van der Waals surface area contributed by atoms with E-state index in [0.29, 0.717) is 28.6 Å². The van der Waals surface area contributed by atoms with E-state index in [2.05, 4.69) is 20.6 Å². The Morgan fingerprint density at radius 2 is 2.00 bits per heavy atom. The van der Waals surface area contributed by atoms with Crippen molar-refractivity contribution in [2.24, 2.45) is 0 Å². The number of nitrogens with one attached hydrogen (secondary N) is 2. The zero-order valence-electron chi connectivity index (χ0n) is 16.3. The largest absolute Gasteiger partial charge is 0.497 e. The molecule has 1 aromatic carbocycles. The van der Waals surface area contributed by atoms with Crippen LogP contribution in [0.4, 0.5) is 19.0 Å². The summed E-state index contributed by atoms with van der Waals surface area (Å²) in [6.07, 6.45) is -3.17. The molecular formula is C18H19F3N6O2S. The van der Waals surface area contributed by atoms with Gasteiger partial charge in [-0.3, -0.25) is 9.67 Å². The molecule has 0 amide bonds. The Morgan fingerprint density at radius 1 is 1.23 bits per heavy atom. The van der Waals surface area contributed by atoms with Crippen LogP contribution in [0.3, 0.4) is 0 Å². The Bertz CT molecular complexity index is 1140. The first-order chi connectivity index (χ1) is 14.2. The van der Waals surface area contributed by atoms with Crippen molar-refractivity contribution < 1.29 is 22.6 Å². The zero-order chi connectivity index (χ0) is 21.6. The summed E-state index contributed by atoms with van der Waals surface area (Å²) in [7, 11) is 3.03. The van der Waals surface area contributed by atoms with Crippen LogP contribution in [-0.2, 0) is 0 Å². The summed E-state index contributed by atoms with van der Waals surface area (Å²) in [5.74, 6) is 1.59. The lowest BCUT2D eigenvalue weighted by atomic mass is 10.0. The second-order valence-corrected chi connectivity index (χ2v) is 7.30. The SMILES string of the molecule is COc1ccc(-n2c(-c3cnn4c3NC(C)CC4C(F)(F)F)n[nH]c2=S)c(OC)c1. The fourth-order valence-corrected chi connectivity index (χ4v) is 3.81. The molecule has 1 aliphatic rings. The topological polar surface area (TPSA) is 81.9 Å². The number of hydrogen-bond donors (Lipinski definition) is 2. The Balaban J connectivity index is 1.89. The number of ether oxygens (including phenoxy) is 2. The van der Waals surface area contributed by atoms with Gasteiger partial charge in [0.2, 0.25) is 0 Å². The first-order valence-electron chi connectivity index (χ1n) is 9.05. The number of alkyl halides is 3. The van der Waals surface area contributed by atoms with Crippen LogP contribution in [0.15, 0.2) is 24.4 Å². The lowest BCUT2D eigenvalue weighted by Gasteiger charge is -2.32. The standard InChI is InChI=1S/C18H19F3N6O2S/c1-9-6-14(18(19,20)21)27-15(23-9)11(8-22-27)16-24-25-17(30)26(16)12-5-4-10(28-2)7-13(12)29-3/h4-5,7-9,14,23H,6H2,1-3H3,(H,25,30). The lowest BCUT2D eigenvalue weighted by molar-refractivity contribution is -0.173. The molecule has 0 radical (unpaired) electrons. The van der Waals surface area contributed by atoms with Gasteiger partial charge in [-0.15, -0.1) is 0 Å². The maximum absolute atomic E-state index is 13.6. The van der Waals surface area contributed by atoms with Gasteiger partial charge in [-0.25, -0.2) is 4.68 Å². The monoisotopic (exact) mass is 440 g/mol. The number of aromatic nitrogens is 5. The molecule has 0 aliphatic carbocycles. The van der Waals surface area contributed by atoms with Crippen LogP contribution in [0, 0.1) is 4.77 Å².